The van der Waals surface area contributed by atoms with Crippen LogP contribution in [0.25, 0.3) is 11.3 Å². The average Bonchev–Trinajstić information content (AvgIpc) is 3.36. The molecule has 0 atom stereocenters. The van der Waals surface area contributed by atoms with Crippen molar-refractivity contribution in [1.82, 2.24) is 9.88 Å². The third-order valence-electron chi connectivity index (χ3n) is 4.91. The molecule has 3 aromatic rings. The van der Waals surface area contributed by atoms with Gasteiger partial charge in [-0.1, -0.05) is 42.5 Å². The van der Waals surface area contributed by atoms with Crippen LogP contribution < -0.4 is 5.32 Å². The van der Waals surface area contributed by atoms with Crippen molar-refractivity contribution < 1.29 is 18.8 Å². The van der Waals surface area contributed by atoms with Crippen molar-refractivity contribution in [2.45, 2.75) is 32.2 Å². The Morgan fingerprint density at radius 3 is 2.40 bits per heavy atom. The summed E-state index contributed by atoms with van der Waals surface area (Å²) in [4.78, 5) is 41.2. The van der Waals surface area contributed by atoms with Gasteiger partial charge in [-0.2, -0.15) is 0 Å². The lowest BCUT2D eigenvalue weighted by Crippen LogP contribution is -2.28. The van der Waals surface area contributed by atoms with Crippen LogP contribution in [0, 0.1) is 0 Å². The van der Waals surface area contributed by atoms with Crippen molar-refractivity contribution in [3.05, 3.63) is 72.2 Å². The molecule has 0 radical (unpaired) electrons. The van der Waals surface area contributed by atoms with E-state index in [1.165, 1.54) is 4.90 Å². The molecule has 4 rings (SSSR count). The van der Waals surface area contributed by atoms with Crippen LogP contribution >= 0.6 is 0 Å². The molecule has 1 aliphatic heterocycles. The number of nitrogens with one attached hydrogen (secondary N) is 1. The van der Waals surface area contributed by atoms with E-state index in [4.69, 9.17) is 4.42 Å². The Morgan fingerprint density at radius 1 is 1.00 bits per heavy atom. The molecule has 0 bridgehead atoms. The Morgan fingerprint density at radius 2 is 1.70 bits per heavy atom. The van der Waals surface area contributed by atoms with E-state index in [-0.39, 0.29) is 43.5 Å². The molecule has 0 unspecified atom stereocenters. The van der Waals surface area contributed by atoms with Gasteiger partial charge in [0.1, 0.15) is 0 Å². The number of hydrogen-bond acceptors (Lipinski definition) is 5. The average molecular weight is 403 g/mol. The van der Waals surface area contributed by atoms with E-state index in [1.807, 2.05) is 30.3 Å². The first-order chi connectivity index (χ1) is 14.6. The lowest BCUT2D eigenvalue weighted by molar-refractivity contribution is -0.139. The van der Waals surface area contributed by atoms with Crippen molar-refractivity contribution in [3.8, 4) is 11.3 Å². The molecule has 1 aromatic heterocycles. The zero-order valence-corrected chi connectivity index (χ0v) is 16.3. The minimum atomic E-state index is -0.146. The molecule has 0 saturated carbocycles. The number of aromatic nitrogens is 1. The standard InChI is InChI=1S/C23H21N3O4/c27-20(10-11-21-24-14-19(30-21)17-4-2-1-3-5-17)25-18-8-6-16(7-9-18)15-26-22(28)12-13-23(26)29/h1-9,14H,10-13,15H2,(H,25,27). The summed E-state index contributed by atoms with van der Waals surface area (Å²) in [6.45, 7) is 0.264. The van der Waals surface area contributed by atoms with Gasteiger partial charge < -0.3 is 9.73 Å². The highest BCUT2D eigenvalue weighted by atomic mass is 16.4. The Labute approximate surface area is 173 Å². The lowest BCUT2D eigenvalue weighted by atomic mass is 10.2. The maximum Gasteiger partial charge on any atom is 0.229 e. The maximum absolute atomic E-state index is 12.2. The number of benzene rings is 2. The van der Waals surface area contributed by atoms with Gasteiger partial charge in [-0.25, -0.2) is 4.98 Å². The number of carbonyl (C=O) groups excluding carboxylic acids is 3. The number of anilines is 1. The highest BCUT2D eigenvalue weighted by Gasteiger charge is 2.28. The molecule has 1 aliphatic rings. The molecule has 1 fully saturated rings. The minimum absolute atomic E-state index is 0.140. The molecule has 152 valence electrons. The topological polar surface area (TPSA) is 92.5 Å². The summed E-state index contributed by atoms with van der Waals surface area (Å²) >= 11 is 0. The smallest absolute Gasteiger partial charge is 0.229 e. The van der Waals surface area contributed by atoms with Crippen LogP contribution in [0.1, 0.15) is 30.7 Å². The van der Waals surface area contributed by atoms with E-state index in [0.29, 0.717) is 23.8 Å². The second-order valence-electron chi connectivity index (χ2n) is 7.10. The van der Waals surface area contributed by atoms with Gasteiger partial charge in [-0.05, 0) is 17.7 Å². The summed E-state index contributed by atoms with van der Waals surface area (Å²) < 4.78 is 5.72. The Balaban J connectivity index is 1.28. The number of amides is 3. The number of imide groups is 1. The first kappa shape index (κ1) is 19.6. The zero-order chi connectivity index (χ0) is 20.9. The highest BCUT2D eigenvalue weighted by Crippen LogP contribution is 2.21. The van der Waals surface area contributed by atoms with Gasteiger partial charge in [-0.3, -0.25) is 19.3 Å². The Hall–Kier alpha value is -3.74. The molecular formula is C23H21N3O4. The molecule has 1 N–H and O–H groups in total. The Kier molecular flexibility index (Phi) is 5.70. The summed E-state index contributed by atoms with van der Waals surface area (Å²) in [5.74, 6) is 0.765. The highest BCUT2D eigenvalue weighted by molar-refractivity contribution is 6.01. The second kappa shape index (κ2) is 8.73. The lowest BCUT2D eigenvalue weighted by Gasteiger charge is -2.14. The largest absolute Gasteiger partial charge is 0.441 e. The van der Waals surface area contributed by atoms with Crippen molar-refractivity contribution in [1.29, 1.82) is 0 Å². The van der Waals surface area contributed by atoms with Crippen LogP contribution in [0.4, 0.5) is 5.69 Å². The van der Waals surface area contributed by atoms with Crippen molar-refractivity contribution >= 4 is 23.4 Å². The molecule has 7 heteroatoms. The van der Waals surface area contributed by atoms with Crippen molar-refractivity contribution in [3.63, 3.8) is 0 Å². The van der Waals surface area contributed by atoms with Gasteiger partial charge in [-0.15, -0.1) is 0 Å². The predicted octanol–water partition coefficient (Wildman–Crippen LogP) is 3.56. The van der Waals surface area contributed by atoms with Gasteiger partial charge in [0.25, 0.3) is 0 Å². The molecule has 0 spiro atoms. The summed E-state index contributed by atoms with van der Waals surface area (Å²) in [5.41, 5.74) is 2.43. The maximum atomic E-state index is 12.2. The number of carbonyl (C=O) groups is 3. The van der Waals surface area contributed by atoms with E-state index in [1.54, 1.807) is 30.5 Å². The number of oxazole rings is 1. The summed E-state index contributed by atoms with van der Waals surface area (Å²) in [7, 11) is 0. The summed E-state index contributed by atoms with van der Waals surface area (Å²) in [6, 6.07) is 16.8. The van der Waals surface area contributed by atoms with Gasteiger partial charge in [0.2, 0.25) is 17.7 Å². The molecular weight excluding hydrogens is 382 g/mol. The van der Waals surface area contributed by atoms with E-state index >= 15 is 0 Å². The fourth-order valence-electron chi connectivity index (χ4n) is 3.28. The second-order valence-corrected chi connectivity index (χ2v) is 7.10. The van der Waals surface area contributed by atoms with Crippen molar-refractivity contribution in [2.75, 3.05) is 5.32 Å². The molecule has 7 nitrogen and oxygen atoms in total. The first-order valence-electron chi connectivity index (χ1n) is 9.80. The van der Waals surface area contributed by atoms with Crippen molar-refractivity contribution in [2.24, 2.45) is 0 Å². The number of aryl methyl sites for hydroxylation is 1. The third kappa shape index (κ3) is 4.63. The molecule has 1 saturated heterocycles. The molecule has 2 aromatic carbocycles. The van der Waals surface area contributed by atoms with Gasteiger partial charge in [0.05, 0.1) is 12.7 Å². The minimum Gasteiger partial charge on any atom is -0.441 e. The number of rotatable bonds is 7. The summed E-state index contributed by atoms with van der Waals surface area (Å²) in [6.07, 6.45) is 2.87. The SMILES string of the molecule is O=C(CCc1ncc(-c2ccccc2)o1)Nc1ccc(CN2C(=O)CCC2=O)cc1. The van der Waals surface area contributed by atoms with Crippen LogP contribution in [0.5, 0.6) is 0 Å². The third-order valence-corrected chi connectivity index (χ3v) is 4.91. The van der Waals surface area contributed by atoms with Crippen LogP contribution in [0.3, 0.4) is 0 Å². The van der Waals surface area contributed by atoms with Crippen LogP contribution in [0.2, 0.25) is 0 Å². The number of likely N-dealkylation sites (tertiary alicyclic amines) is 1. The van der Waals surface area contributed by atoms with E-state index in [9.17, 15) is 14.4 Å². The molecule has 30 heavy (non-hydrogen) atoms. The van der Waals surface area contributed by atoms with Crippen LogP contribution in [0.15, 0.2) is 65.2 Å². The number of hydrogen-bond donors (Lipinski definition) is 1. The summed E-state index contributed by atoms with van der Waals surface area (Å²) in [5, 5.41) is 2.83. The van der Waals surface area contributed by atoms with E-state index in [0.717, 1.165) is 11.1 Å². The monoisotopic (exact) mass is 403 g/mol. The Bertz CT molecular complexity index is 1040. The van der Waals surface area contributed by atoms with Gasteiger partial charge in [0.15, 0.2) is 11.7 Å². The fraction of sp³-hybridized carbons (Fsp3) is 0.217. The fourth-order valence-corrected chi connectivity index (χ4v) is 3.28. The zero-order valence-electron chi connectivity index (χ0n) is 16.3. The van der Waals surface area contributed by atoms with Crippen LogP contribution in [-0.2, 0) is 27.3 Å². The predicted molar refractivity (Wildman–Crippen MR) is 110 cm³/mol. The normalized spacial score (nSPS) is 13.7. The number of nitrogens with zero attached hydrogens (tertiary/aromatic N) is 2. The van der Waals surface area contributed by atoms with E-state index < -0.39 is 0 Å². The van der Waals surface area contributed by atoms with E-state index in [2.05, 4.69) is 10.3 Å². The molecule has 0 aliphatic carbocycles. The molecule has 3 amide bonds. The molecule has 2 heterocycles. The first-order valence-corrected chi connectivity index (χ1v) is 9.80. The van der Waals surface area contributed by atoms with Crippen LogP contribution in [-0.4, -0.2) is 27.6 Å². The van der Waals surface area contributed by atoms with Gasteiger partial charge >= 0.3 is 0 Å². The van der Waals surface area contributed by atoms with Gasteiger partial charge in [0, 0.05) is 36.9 Å². The quantitative estimate of drug-likeness (QED) is 0.609.